The predicted molar refractivity (Wildman–Crippen MR) is 65.0 cm³/mol. The maximum absolute atomic E-state index is 11.3. The Labute approximate surface area is 98.3 Å². The smallest absolute Gasteiger partial charge is 0.246 e. The summed E-state index contributed by atoms with van der Waals surface area (Å²) >= 11 is 5.33. The fraction of sp³-hybridized carbons (Fsp3) is 0.100. The van der Waals surface area contributed by atoms with Crippen LogP contribution in [0.1, 0.15) is 0 Å². The molecular weight excluding hydrogens is 248 g/mol. The minimum Gasteiger partial charge on any atom is -0.282 e. The molecule has 0 aliphatic carbocycles. The van der Waals surface area contributed by atoms with E-state index in [1.165, 1.54) is 0 Å². The van der Waals surface area contributed by atoms with E-state index in [0.29, 0.717) is 5.69 Å². The van der Waals surface area contributed by atoms with Gasteiger partial charge in [-0.2, -0.15) is 0 Å². The fourth-order valence-corrected chi connectivity index (χ4v) is 2.12. The van der Waals surface area contributed by atoms with Crippen LogP contribution in [0.3, 0.4) is 0 Å². The highest BCUT2D eigenvalue weighted by atomic mass is 35.5. The van der Waals surface area contributed by atoms with E-state index in [1.807, 2.05) is 6.07 Å². The molecule has 0 unspecified atom stereocenters. The number of sulfonamides is 1. The molecule has 1 aromatic carbocycles. The summed E-state index contributed by atoms with van der Waals surface area (Å²) in [5, 5.41) is 0.280. The van der Waals surface area contributed by atoms with E-state index in [4.69, 9.17) is 11.6 Å². The number of alkyl halides is 1. The summed E-state index contributed by atoms with van der Waals surface area (Å²) < 4.78 is 25.1. The molecule has 0 aliphatic rings. The van der Waals surface area contributed by atoms with E-state index in [-0.39, 0.29) is 0 Å². The summed E-state index contributed by atoms with van der Waals surface area (Å²) in [5.41, 5.74) is 1.23. The third-order valence-electron chi connectivity index (χ3n) is 2.05. The lowest BCUT2D eigenvalue weighted by Gasteiger charge is -2.07. The summed E-state index contributed by atoms with van der Waals surface area (Å²) in [6.07, 6.45) is 1.65. The lowest BCUT2D eigenvalue weighted by Crippen LogP contribution is -2.13. The molecule has 6 heteroatoms. The monoisotopic (exact) mass is 256 g/mol. The first-order valence-corrected chi connectivity index (χ1v) is 6.71. The number of nitrogens with zero attached hydrogens (tertiary/aromatic N) is 1. The van der Waals surface area contributed by atoms with Gasteiger partial charge in [0.1, 0.15) is 5.21 Å². The van der Waals surface area contributed by atoms with Crippen molar-refractivity contribution < 1.29 is 8.42 Å². The Morgan fingerprint density at radius 2 is 2.06 bits per heavy atom. The van der Waals surface area contributed by atoms with Crippen LogP contribution >= 0.6 is 11.6 Å². The molecule has 84 valence electrons. The minimum atomic E-state index is -3.48. The van der Waals surface area contributed by atoms with E-state index < -0.39 is 15.2 Å². The Hall–Kier alpha value is -1.33. The van der Waals surface area contributed by atoms with E-state index in [2.05, 4.69) is 9.71 Å². The number of rotatable bonds is 3. The molecule has 0 radical (unpaired) electrons. The van der Waals surface area contributed by atoms with Crippen molar-refractivity contribution in [1.29, 1.82) is 0 Å². The van der Waals surface area contributed by atoms with Gasteiger partial charge < -0.3 is 0 Å². The van der Waals surface area contributed by atoms with Gasteiger partial charge in [0.05, 0.1) is 11.2 Å². The van der Waals surface area contributed by atoms with Crippen LogP contribution in [0.4, 0.5) is 5.69 Å². The molecular formula is C10H9ClN2O2S. The third kappa shape index (κ3) is 2.25. The second-order valence-electron chi connectivity index (χ2n) is 3.20. The van der Waals surface area contributed by atoms with E-state index in [1.54, 1.807) is 30.5 Å². The van der Waals surface area contributed by atoms with Gasteiger partial charge in [0.25, 0.3) is 0 Å². The largest absolute Gasteiger partial charge is 0.282 e. The molecule has 16 heavy (non-hydrogen) atoms. The van der Waals surface area contributed by atoms with E-state index in [0.717, 1.165) is 10.9 Å². The van der Waals surface area contributed by atoms with Gasteiger partial charge >= 0.3 is 0 Å². The SMILES string of the molecule is O=S(=O)(CCl)Nc1cccc2ncccc12. The highest BCUT2D eigenvalue weighted by Gasteiger charge is 2.10. The van der Waals surface area contributed by atoms with Crippen LogP contribution in [0.5, 0.6) is 0 Å². The third-order valence-corrected chi connectivity index (χ3v) is 3.73. The lowest BCUT2D eigenvalue weighted by atomic mass is 10.2. The first-order chi connectivity index (χ1) is 7.62. The molecule has 0 fully saturated rings. The average Bonchev–Trinajstić information content (AvgIpc) is 2.29. The van der Waals surface area contributed by atoms with Gasteiger partial charge in [0.15, 0.2) is 0 Å². The zero-order chi connectivity index (χ0) is 11.6. The maximum Gasteiger partial charge on any atom is 0.246 e. The maximum atomic E-state index is 11.3. The summed E-state index contributed by atoms with van der Waals surface area (Å²) in [6, 6.07) is 8.78. The fourth-order valence-electron chi connectivity index (χ4n) is 1.39. The number of halogens is 1. The Morgan fingerprint density at radius 3 is 2.81 bits per heavy atom. The molecule has 4 nitrogen and oxygen atoms in total. The summed E-state index contributed by atoms with van der Waals surface area (Å²) in [5.74, 6) is 0. The van der Waals surface area contributed by atoms with Crippen molar-refractivity contribution in [2.45, 2.75) is 0 Å². The summed E-state index contributed by atoms with van der Waals surface area (Å²) in [7, 11) is -3.48. The van der Waals surface area contributed by atoms with E-state index >= 15 is 0 Å². The number of hydrogen-bond acceptors (Lipinski definition) is 3. The van der Waals surface area contributed by atoms with Gasteiger partial charge in [0.2, 0.25) is 10.0 Å². The van der Waals surface area contributed by atoms with Crippen LogP contribution < -0.4 is 4.72 Å². The number of pyridine rings is 1. The number of nitrogens with one attached hydrogen (secondary N) is 1. The van der Waals surface area contributed by atoms with Gasteiger partial charge in [-0.3, -0.25) is 9.71 Å². The Balaban J connectivity index is 2.53. The number of anilines is 1. The molecule has 0 spiro atoms. The minimum absolute atomic E-state index is 0.469. The molecule has 0 bridgehead atoms. The number of fused-ring (bicyclic) bond motifs is 1. The van der Waals surface area contributed by atoms with Gasteiger partial charge in [-0.05, 0) is 24.3 Å². The second kappa shape index (κ2) is 4.27. The van der Waals surface area contributed by atoms with Crippen LogP contribution in [-0.2, 0) is 10.0 Å². The Morgan fingerprint density at radius 1 is 1.25 bits per heavy atom. The van der Waals surface area contributed by atoms with Crippen molar-refractivity contribution in [1.82, 2.24) is 4.98 Å². The van der Waals surface area contributed by atoms with Crippen LogP contribution in [0.15, 0.2) is 36.5 Å². The summed E-state index contributed by atoms with van der Waals surface area (Å²) in [4.78, 5) is 4.13. The molecule has 1 aromatic heterocycles. The van der Waals surface area contributed by atoms with Gasteiger partial charge in [0, 0.05) is 11.6 Å². The lowest BCUT2D eigenvalue weighted by molar-refractivity contribution is 0.605. The molecule has 0 atom stereocenters. The number of aromatic nitrogens is 1. The van der Waals surface area contributed by atoms with Crippen molar-refractivity contribution in [3.8, 4) is 0 Å². The van der Waals surface area contributed by atoms with Crippen molar-refractivity contribution >= 4 is 38.2 Å². The summed E-state index contributed by atoms with van der Waals surface area (Å²) in [6.45, 7) is 0. The normalized spacial score (nSPS) is 11.6. The first kappa shape index (κ1) is 11.2. The van der Waals surface area contributed by atoms with Crippen LogP contribution in [0, 0.1) is 0 Å². The topological polar surface area (TPSA) is 59.1 Å². The molecule has 2 aromatic rings. The standard InChI is InChI=1S/C10H9ClN2O2S/c11-7-16(14,15)13-10-5-1-4-9-8(10)3-2-6-12-9/h1-6,13H,7H2. The molecule has 0 amide bonds. The van der Waals surface area contributed by atoms with Crippen molar-refractivity contribution in [2.75, 3.05) is 9.93 Å². The van der Waals surface area contributed by atoms with Crippen molar-refractivity contribution in [2.24, 2.45) is 0 Å². The molecule has 1 N–H and O–H groups in total. The highest BCUT2D eigenvalue weighted by Crippen LogP contribution is 2.22. The van der Waals surface area contributed by atoms with Crippen LogP contribution in [-0.4, -0.2) is 18.6 Å². The molecule has 2 rings (SSSR count). The number of hydrogen-bond donors (Lipinski definition) is 1. The quantitative estimate of drug-likeness (QED) is 0.857. The number of benzene rings is 1. The second-order valence-corrected chi connectivity index (χ2v) is 5.51. The zero-order valence-electron chi connectivity index (χ0n) is 8.22. The van der Waals surface area contributed by atoms with E-state index in [9.17, 15) is 8.42 Å². The van der Waals surface area contributed by atoms with Crippen molar-refractivity contribution in [3.63, 3.8) is 0 Å². The van der Waals surface area contributed by atoms with Gasteiger partial charge in [-0.15, -0.1) is 11.6 Å². The predicted octanol–water partition coefficient (Wildman–Crippen LogP) is 2.17. The van der Waals surface area contributed by atoms with Gasteiger partial charge in [-0.1, -0.05) is 6.07 Å². The highest BCUT2D eigenvalue weighted by molar-refractivity contribution is 7.93. The van der Waals surface area contributed by atoms with Crippen LogP contribution in [0.2, 0.25) is 0 Å². The molecule has 0 saturated heterocycles. The Bertz CT molecular complexity index is 608. The molecule has 0 aliphatic heterocycles. The van der Waals surface area contributed by atoms with Crippen molar-refractivity contribution in [3.05, 3.63) is 36.5 Å². The zero-order valence-corrected chi connectivity index (χ0v) is 9.79. The first-order valence-electron chi connectivity index (χ1n) is 4.52. The Kier molecular flexibility index (Phi) is 2.98. The van der Waals surface area contributed by atoms with Crippen LogP contribution in [0.25, 0.3) is 10.9 Å². The molecule has 1 heterocycles. The van der Waals surface area contributed by atoms with Gasteiger partial charge in [-0.25, -0.2) is 8.42 Å². The molecule has 0 saturated carbocycles. The average molecular weight is 257 g/mol.